The summed E-state index contributed by atoms with van der Waals surface area (Å²) in [6, 6.07) is 11.7. The first kappa shape index (κ1) is 12.7. The third-order valence-electron chi connectivity index (χ3n) is 3.39. The van der Waals surface area contributed by atoms with Gasteiger partial charge in [-0.3, -0.25) is 0 Å². The first-order valence-electron chi connectivity index (χ1n) is 6.46. The molecule has 0 saturated carbocycles. The molecule has 2 heterocycles. The summed E-state index contributed by atoms with van der Waals surface area (Å²) < 4.78 is 7.08. The van der Waals surface area contributed by atoms with Crippen LogP contribution in [-0.2, 0) is 6.61 Å². The first-order valence-corrected chi connectivity index (χ1v) is 6.46. The molecule has 0 aliphatic rings. The summed E-state index contributed by atoms with van der Waals surface area (Å²) in [5.41, 5.74) is 4.57. The molecule has 0 aliphatic heterocycles. The molecule has 4 nitrogen and oxygen atoms in total. The zero-order chi connectivity index (χ0) is 14.1. The van der Waals surface area contributed by atoms with Crippen LogP contribution in [0.15, 0.2) is 42.6 Å². The summed E-state index contributed by atoms with van der Waals surface area (Å²) in [6.45, 7) is 1.98. The number of hydrogen-bond acceptors (Lipinski definition) is 3. The molecule has 0 amide bonds. The van der Waals surface area contributed by atoms with E-state index >= 15 is 0 Å². The molecule has 0 radical (unpaired) electrons. The van der Waals surface area contributed by atoms with Gasteiger partial charge >= 0.3 is 0 Å². The number of aromatic nitrogens is 2. The van der Waals surface area contributed by atoms with E-state index < -0.39 is 0 Å². The summed E-state index contributed by atoms with van der Waals surface area (Å²) in [6.07, 6.45) is 1.94. The number of rotatable bonds is 3. The summed E-state index contributed by atoms with van der Waals surface area (Å²) in [7, 11) is 1.64. The molecule has 0 aliphatic carbocycles. The number of aliphatic hydroxyl groups is 1. The number of methoxy groups -OCH3 is 1. The molecule has 1 aromatic carbocycles. The van der Waals surface area contributed by atoms with Crippen LogP contribution in [0.1, 0.15) is 11.3 Å². The third-order valence-corrected chi connectivity index (χ3v) is 3.39. The number of hydrogen-bond donors (Lipinski definition) is 1. The van der Waals surface area contributed by atoms with Crippen molar-refractivity contribution in [1.82, 2.24) is 9.38 Å². The standard InChI is InChI=1S/C16H16N2O2/c1-11-7-8-18-14(10-19)16(17-15(18)9-11)12-3-5-13(20-2)6-4-12/h3-9,19H,10H2,1-2H3. The van der Waals surface area contributed by atoms with E-state index in [9.17, 15) is 5.11 Å². The van der Waals surface area contributed by atoms with E-state index in [0.29, 0.717) is 0 Å². The van der Waals surface area contributed by atoms with Crippen LogP contribution < -0.4 is 4.74 Å². The molecule has 0 fully saturated rings. The maximum absolute atomic E-state index is 9.65. The van der Waals surface area contributed by atoms with Crippen molar-refractivity contribution in [2.24, 2.45) is 0 Å². The van der Waals surface area contributed by atoms with Gasteiger partial charge in [0.05, 0.1) is 25.1 Å². The Morgan fingerprint density at radius 3 is 2.60 bits per heavy atom. The molecule has 0 unspecified atom stereocenters. The summed E-state index contributed by atoms with van der Waals surface area (Å²) in [5.74, 6) is 0.805. The molecule has 0 saturated heterocycles. The molecule has 3 rings (SSSR count). The average molecular weight is 268 g/mol. The second-order valence-electron chi connectivity index (χ2n) is 4.73. The topological polar surface area (TPSA) is 46.8 Å². The molecule has 2 aromatic heterocycles. The number of ether oxygens (including phenoxy) is 1. The van der Waals surface area contributed by atoms with Gasteiger partial charge in [0.15, 0.2) is 0 Å². The van der Waals surface area contributed by atoms with Crippen molar-refractivity contribution in [2.45, 2.75) is 13.5 Å². The molecule has 0 spiro atoms. The van der Waals surface area contributed by atoms with E-state index in [0.717, 1.165) is 33.9 Å². The third kappa shape index (κ3) is 2.04. The van der Waals surface area contributed by atoms with Crippen LogP contribution >= 0.6 is 0 Å². The van der Waals surface area contributed by atoms with E-state index in [2.05, 4.69) is 4.98 Å². The van der Waals surface area contributed by atoms with Crippen molar-refractivity contribution in [2.75, 3.05) is 7.11 Å². The Bertz CT molecular complexity index is 745. The fourth-order valence-electron chi connectivity index (χ4n) is 2.33. The SMILES string of the molecule is COc1ccc(-c2nc3cc(C)ccn3c2CO)cc1. The van der Waals surface area contributed by atoms with Gasteiger partial charge in [-0.1, -0.05) is 0 Å². The Balaban J connectivity index is 2.18. The lowest BCUT2D eigenvalue weighted by Gasteiger charge is -2.03. The molecule has 0 bridgehead atoms. The Labute approximate surface area is 117 Å². The Kier molecular flexibility index (Phi) is 3.16. The lowest BCUT2D eigenvalue weighted by atomic mass is 10.1. The van der Waals surface area contributed by atoms with Gasteiger partial charge in [0.25, 0.3) is 0 Å². The second-order valence-corrected chi connectivity index (χ2v) is 4.73. The highest BCUT2D eigenvalue weighted by Gasteiger charge is 2.13. The molecule has 4 heteroatoms. The van der Waals surface area contributed by atoms with Crippen LogP contribution in [-0.4, -0.2) is 21.6 Å². The van der Waals surface area contributed by atoms with Crippen molar-refractivity contribution in [3.63, 3.8) is 0 Å². The number of benzene rings is 1. The highest BCUT2D eigenvalue weighted by atomic mass is 16.5. The fourth-order valence-corrected chi connectivity index (χ4v) is 2.33. The van der Waals surface area contributed by atoms with Gasteiger partial charge in [-0.15, -0.1) is 0 Å². The predicted molar refractivity (Wildman–Crippen MR) is 77.8 cm³/mol. The Morgan fingerprint density at radius 1 is 1.20 bits per heavy atom. The van der Waals surface area contributed by atoms with E-state index in [4.69, 9.17) is 4.74 Å². The minimum atomic E-state index is -0.0500. The van der Waals surface area contributed by atoms with Gasteiger partial charge in [0.1, 0.15) is 11.4 Å². The van der Waals surface area contributed by atoms with Gasteiger partial charge in [-0.25, -0.2) is 4.98 Å². The van der Waals surface area contributed by atoms with E-state index in [1.165, 1.54) is 0 Å². The molecular formula is C16H16N2O2. The van der Waals surface area contributed by atoms with E-state index in [1.807, 2.05) is 53.9 Å². The first-order chi connectivity index (χ1) is 9.72. The van der Waals surface area contributed by atoms with Crippen LogP contribution in [0.5, 0.6) is 5.75 Å². The minimum absolute atomic E-state index is 0.0500. The van der Waals surface area contributed by atoms with Gasteiger partial charge in [0.2, 0.25) is 0 Å². The van der Waals surface area contributed by atoms with Crippen molar-refractivity contribution < 1.29 is 9.84 Å². The number of aryl methyl sites for hydroxylation is 1. The molecule has 3 aromatic rings. The quantitative estimate of drug-likeness (QED) is 0.794. The molecular weight excluding hydrogens is 252 g/mol. The summed E-state index contributed by atoms with van der Waals surface area (Å²) in [5, 5.41) is 9.65. The number of aliphatic hydroxyl groups excluding tert-OH is 1. The van der Waals surface area contributed by atoms with Gasteiger partial charge in [-0.2, -0.15) is 0 Å². The number of pyridine rings is 1. The van der Waals surface area contributed by atoms with Crippen LogP contribution in [0.3, 0.4) is 0 Å². The lowest BCUT2D eigenvalue weighted by molar-refractivity contribution is 0.276. The Morgan fingerprint density at radius 2 is 1.95 bits per heavy atom. The van der Waals surface area contributed by atoms with Gasteiger partial charge < -0.3 is 14.2 Å². The Hall–Kier alpha value is -2.33. The van der Waals surface area contributed by atoms with Crippen LogP contribution in [0.4, 0.5) is 0 Å². The highest BCUT2D eigenvalue weighted by Crippen LogP contribution is 2.26. The monoisotopic (exact) mass is 268 g/mol. The zero-order valence-electron chi connectivity index (χ0n) is 11.5. The van der Waals surface area contributed by atoms with Crippen molar-refractivity contribution in [3.8, 4) is 17.0 Å². The van der Waals surface area contributed by atoms with Crippen molar-refractivity contribution >= 4 is 5.65 Å². The van der Waals surface area contributed by atoms with Crippen molar-refractivity contribution in [1.29, 1.82) is 0 Å². The smallest absolute Gasteiger partial charge is 0.138 e. The molecule has 1 N–H and O–H groups in total. The maximum Gasteiger partial charge on any atom is 0.138 e. The molecule has 102 valence electrons. The summed E-state index contributed by atoms with van der Waals surface area (Å²) >= 11 is 0. The fraction of sp³-hybridized carbons (Fsp3) is 0.188. The average Bonchev–Trinajstić information content (AvgIpc) is 2.84. The van der Waals surface area contributed by atoms with Gasteiger partial charge in [-0.05, 0) is 48.9 Å². The van der Waals surface area contributed by atoms with Crippen LogP contribution in [0.25, 0.3) is 16.9 Å². The lowest BCUT2D eigenvalue weighted by Crippen LogP contribution is -1.94. The number of fused-ring (bicyclic) bond motifs is 1. The summed E-state index contributed by atoms with van der Waals surface area (Å²) in [4.78, 5) is 4.63. The maximum atomic E-state index is 9.65. The molecule has 20 heavy (non-hydrogen) atoms. The number of nitrogens with zero attached hydrogens (tertiary/aromatic N) is 2. The van der Waals surface area contributed by atoms with Crippen LogP contribution in [0.2, 0.25) is 0 Å². The highest BCUT2D eigenvalue weighted by molar-refractivity contribution is 5.67. The van der Waals surface area contributed by atoms with Crippen molar-refractivity contribution in [3.05, 3.63) is 53.9 Å². The normalized spacial score (nSPS) is 10.9. The second kappa shape index (κ2) is 4.98. The van der Waals surface area contributed by atoms with E-state index in [1.54, 1.807) is 7.11 Å². The van der Waals surface area contributed by atoms with Crippen LogP contribution in [0, 0.1) is 6.92 Å². The largest absolute Gasteiger partial charge is 0.497 e. The minimum Gasteiger partial charge on any atom is -0.497 e. The zero-order valence-corrected chi connectivity index (χ0v) is 11.5. The van der Waals surface area contributed by atoms with E-state index in [-0.39, 0.29) is 6.61 Å². The number of imidazole rings is 1. The predicted octanol–water partition coefficient (Wildman–Crippen LogP) is 2.81. The molecule has 0 atom stereocenters. The van der Waals surface area contributed by atoms with Gasteiger partial charge in [0, 0.05) is 11.8 Å².